The summed E-state index contributed by atoms with van der Waals surface area (Å²) in [5, 5.41) is 12.6. The Labute approximate surface area is 201 Å². The number of nitrogens with zero attached hydrogens (tertiary/aromatic N) is 4. The highest BCUT2D eigenvalue weighted by atomic mass is 16.5. The number of ether oxygens (including phenoxy) is 2. The zero-order valence-electron chi connectivity index (χ0n) is 19.5. The molecule has 1 heterocycles. The van der Waals surface area contributed by atoms with Gasteiger partial charge < -0.3 is 9.47 Å². The highest BCUT2D eigenvalue weighted by Gasteiger charge is 2.15. The highest BCUT2D eigenvalue weighted by Crippen LogP contribution is 2.29. The molecule has 0 bridgehead atoms. The van der Waals surface area contributed by atoms with Gasteiger partial charge in [-0.25, -0.2) is 0 Å². The Balaban J connectivity index is 1.36. The van der Waals surface area contributed by atoms with Gasteiger partial charge >= 0.3 is 0 Å². The fourth-order valence-corrected chi connectivity index (χ4v) is 3.41. The second kappa shape index (κ2) is 10.5. The van der Waals surface area contributed by atoms with Crippen LogP contribution in [0, 0.1) is 6.92 Å². The molecule has 1 aromatic heterocycles. The number of aromatic nitrogens is 4. The summed E-state index contributed by atoms with van der Waals surface area (Å²) < 4.78 is 10.6. The normalized spacial score (nSPS) is 10.5. The molecule has 178 valence electrons. The van der Waals surface area contributed by atoms with Crippen LogP contribution in [0.1, 0.15) is 31.8 Å². The number of tetrazole rings is 1. The zero-order valence-corrected chi connectivity index (χ0v) is 19.5. The lowest BCUT2D eigenvalue weighted by atomic mass is 10.1. The molecular weight excluding hydrogens is 448 g/mol. The van der Waals surface area contributed by atoms with E-state index in [0.29, 0.717) is 29.4 Å². The third-order valence-electron chi connectivity index (χ3n) is 5.33. The molecule has 0 saturated heterocycles. The SMILES string of the molecule is COc1cc(C(=O)NNC(=O)c2ccc(Cn3nnc(-c4ccccc4)n3)cc2)cc(OC)c1C. The average Bonchev–Trinajstić information content (AvgIpc) is 3.36. The first-order chi connectivity index (χ1) is 17.0. The van der Waals surface area contributed by atoms with Crippen LogP contribution in [0.15, 0.2) is 66.7 Å². The summed E-state index contributed by atoms with van der Waals surface area (Å²) in [7, 11) is 3.02. The second-order valence-corrected chi connectivity index (χ2v) is 7.62. The maximum absolute atomic E-state index is 12.5. The van der Waals surface area contributed by atoms with E-state index in [2.05, 4.69) is 26.3 Å². The summed E-state index contributed by atoms with van der Waals surface area (Å²) in [5.41, 5.74) is 8.04. The van der Waals surface area contributed by atoms with Gasteiger partial charge in [0.05, 0.1) is 20.8 Å². The monoisotopic (exact) mass is 472 g/mol. The van der Waals surface area contributed by atoms with Crippen molar-refractivity contribution in [1.82, 2.24) is 31.1 Å². The molecule has 0 aliphatic rings. The molecule has 0 unspecified atom stereocenters. The van der Waals surface area contributed by atoms with Gasteiger partial charge in [-0.05, 0) is 42.0 Å². The van der Waals surface area contributed by atoms with Crippen molar-refractivity contribution in [2.75, 3.05) is 14.2 Å². The summed E-state index contributed by atoms with van der Waals surface area (Å²) in [6, 6.07) is 19.6. The molecule has 35 heavy (non-hydrogen) atoms. The Morgan fingerprint density at radius 3 is 2.06 bits per heavy atom. The van der Waals surface area contributed by atoms with E-state index in [0.717, 1.165) is 16.7 Å². The number of carbonyl (C=O) groups is 2. The third-order valence-corrected chi connectivity index (χ3v) is 5.33. The lowest BCUT2D eigenvalue weighted by Crippen LogP contribution is -2.41. The quantitative estimate of drug-likeness (QED) is 0.397. The highest BCUT2D eigenvalue weighted by molar-refractivity contribution is 5.99. The molecule has 4 rings (SSSR count). The van der Waals surface area contributed by atoms with Gasteiger partial charge in [0.15, 0.2) is 0 Å². The molecular formula is C25H24N6O4. The number of nitrogens with one attached hydrogen (secondary N) is 2. The van der Waals surface area contributed by atoms with Gasteiger partial charge in [-0.3, -0.25) is 20.4 Å². The van der Waals surface area contributed by atoms with Gasteiger partial charge in [0, 0.05) is 22.3 Å². The van der Waals surface area contributed by atoms with Crippen LogP contribution in [0.5, 0.6) is 11.5 Å². The summed E-state index contributed by atoms with van der Waals surface area (Å²) in [5.74, 6) is 0.601. The summed E-state index contributed by atoms with van der Waals surface area (Å²) in [6.07, 6.45) is 0. The Morgan fingerprint density at radius 1 is 0.857 bits per heavy atom. The van der Waals surface area contributed by atoms with E-state index in [1.807, 2.05) is 37.3 Å². The van der Waals surface area contributed by atoms with Gasteiger partial charge in [0.1, 0.15) is 11.5 Å². The number of hydrogen-bond acceptors (Lipinski definition) is 7. The maximum Gasteiger partial charge on any atom is 0.269 e. The number of carbonyl (C=O) groups excluding carboxylic acids is 2. The number of amides is 2. The Bertz CT molecular complexity index is 1310. The minimum Gasteiger partial charge on any atom is -0.496 e. The molecule has 3 aromatic carbocycles. The van der Waals surface area contributed by atoms with E-state index in [-0.39, 0.29) is 5.56 Å². The molecule has 0 aliphatic carbocycles. The molecule has 2 N–H and O–H groups in total. The predicted octanol–water partition coefficient (Wildman–Crippen LogP) is 2.79. The number of hydrogen-bond donors (Lipinski definition) is 2. The number of rotatable bonds is 7. The van der Waals surface area contributed by atoms with Crippen LogP contribution in [0.25, 0.3) is 11.4 Å². The van der Waals surface area contributed by atoms with Crippen LogP contribution in [0.4, 0.5) is 0 Å². The molecule has 4 aromatic rings. The van der Waals surface area contributed by atoms with Gasteiger partial charge in [-0.2, -0.15) is 4.80 Å². The fraction of sp³-hybridized carbons (Fsp3) is 0.160. The molecule has 0 aliphatic heterocycles. The standard InChI is InChI=1S/C25H24N6O4/c1-16-21(34-2)13-20(14-22(16)35-3)25(33)28-27-24(32)19-11-9-17(10-12-19)15-31-29-23(26-30-31)18-7-5-4-6-8-18/h4-14H,15H2,1-3H3,(H,27,32)(H,28,33). The Kier molecular flexibility index (Phi) is 7.01. The lowest BCUT2D eigenvalue weighted by molar-refractivity contribution is 0.0846. The van der Waals surface area contributed by atoms with Crippen LogP contribution in [0.2, 0.25) is 0 Å². The number of benzene rings is 3. The van der Waals surface area contributed by atoms with Crippen LogP contribution < -0.4 is 20.3 Å². The van der Waals surface area contributed by atoms with Crippen LogP contribution in [-0.2, 0) is 6.54 Å². The van der Waals surface area contributed by atoms with Crippen LogP contribution >= 0.6 is 0 Å². The van der Waals surface area contributed by atoms with Crippen molar-refractivity contribution in [3.05, 3.63) is 89.0 Å². The first-order valence-corrected chi connectivity index (χ1v) is 10.7. The van der Waals surface area contributed by atoms with Crippen molar-refractivity contribution in [1.29, 1.82) is 0 Å². The second-order valence-electron chi connectivity index (χ2n) is 7.62. The van der Waals surface area contributed by atoms with E-state index in [4.69, 9.17) is 9.47 Å². The minimum absolute atomic E-state index is 0.287. The maximum atomic E-state index is 12.5. The van der Waals surface area contributed by atoms with Crippen LogP contribution in [-0.4, -0.2) is 46.2 Å². The van der Waals surface area contributed by atoms with Crippen molar-refractivity contribution in [2.24, 2.45) is 0 Å². The van der Waals surface area contributed by atoms with Crippen molar-refractivity contribution >= 4 is 11.8 Å². The van der Waals surface area contributed by atoms with E-state index < -0.39 is 11.8 Å². The van der Waals surface area contributed by atoms with E-state index in [1.165, 1.54) is 19.0 Å². The molecule has 10 nitrogen and oxygen atoms in total. The molecule has 0 saturated carbocycles. The molecule has 10 heteroatoms. The predicted molar refractivity (Wildman–Crippen MR) is 128 cm³/mol. The first-order valence-electron chi connectivity index (χ1n) is 10.7. The fourth-order valence-electron chi connectivity index (χ4n) is 3.41. The van der Waals surface area contributed by atoms with Crippen molar-refractivity contribution in [2.45, 2.75) is 13.5 Å². The van der Waals surface area contributed by atoms with Gasteiger partial charge in [-0.15, -0.1) is 10.2 Å². The Morgan fingerprint density at radius 2 is 1.46 bits per heavy atom. The third kappa shape index (κ3) is 5.44. The zero-order chi connectivity index (χ0) is 24.8. The minimum atomic E-state index is -0.502. The van der Waals surface area contributed by atoms with Gasteiger partial charge in [0.2, 0.25) is 5.82 Å². The van der Waals surface area contributed by atoms with E-state index >= 15 is 0 Å². The summed E-state index contributed by atoms with van der Waals surface area (Å²) in [4.78, 5) is 26.5. The van der Waals surface area contributed by atoms with Gasteiger partial charge in [-0.1, -0.05) is 42.5 Å². The first kappa shape index (κ1) is 23.4. The van der Waals surface area contributed by atoms with Crippen molar-refractivity contribution < 1.29 is 19.1 Å². The van der Waals surface area contributed by atoms with Gasteiger partial charge in [0.25, 0.3) is 11.8 Å². The molecule has 2 amide bonds. The Hall–Kier alpha value is -4.73. The van der Waals surface area contributed by atoms with Crippen molar-refractivity contribution in [3.63, 3.8) is 0 Å². The smallest absolute Gasteiger partial charge is 0.269 e. The number of methoxy groups -OCH3 is 2. The van der Waals surface area contributed by atoms with E-state index in [1.54, 1.807) is 36.4 Å². The number of hydrazine groups is 1. The average molecular weight is 473 g/mol. The molecule has 0 radical (unpaired) electrons. The lowest BCUT2D eigenvalue weighted by Gasteiger charge is -2.13. The van der Waals surface area contributed by atoms with Crippen molar-refractivity contribution in [3.8, 4) is 22.9 Å². The summed E-state index contributed by atoms with van der Waals surface area (Å²) >= 11 is 0. The van der Waals surface area contributed by atoms with E-state index in [9.17, 15) is 9.59 Å². The molecule has 0 atom stereocenters. The topological polar surface area (TPSA) is 120 Å². The largest absolute Gasteiger partial charge is 0.496 e. The molecule has 0 spiro atoms. The van der Waals surface area contributed by atoms with Crippen LogP contribution in [0.3, 0.4) is 0 Å². The summed E-state index contributed by atoms with van der Waals surface area (Å²) in [6.45, 7) is 2.22. The molecule has 0 fully saturated rings.